The summed E-state index contributed by atoms with van der Waals surface area (Å²) in [5, 5.41) is 10.3. The number of anilines is 2. The van der Waals surface area contributed by atoms with E-state index in [1.54, 1.807) is 52.8 Å². The van der Waals surface area contributed by atoms with Crippen molar-refractivity contribution in [1.82, 2.24) is 38.7 Å². The number of aliphatic imine (C=N–C) groups is 1. The van der Waals surface area contributed by atoms with Crippen molar-refractivity contribution in [3.63, 3.8) is 0 Å². The second-order valence-corrected chi connectivity index (χ2v) is 23.9. The van der Waals surface area contributed by atoms with Crippen molar-refractivity contribution in [1.29, 1.82) is 0 Å². The summed E-state index contributed by atoms with van der Waals surface area (Å²) in [7, 11) is 1.44. The van der Waals surface area contributed by atoms with Gasteiger partial charge in [0.15, 0.2) is 11.6 Å². The van der Waals surface area contributed by atoms with Gasteiger partial charge in [-0.05, 0) is 70.5 Å². The highest BCUT2D eigenvalue weighted by atomic mass is 19.2. The predicted molar refractivity (Wildman–Crippen MR) is 385 cm³/mol. The number of carbonyl (C=O) groups is 5. The van der Waals surface area contributed by atoms with E-state index >= 15 is 0 Å². The van der Waals surface area contributed by atoms with Crippen molar-refractivity contribution in [2.75, 3.05) is 202 Å². The Hall–Kier alpha value is -9.05. The highest BCUT2D eigenvalue weighted by Gasteiger charge is 2.26. The van der Waals surface area contributed by atoms with Crippen molar-refractivity contribution in [2.24, 2.45) is 22.2 Å². The molecule has 3 aromatic carbocycles. The van der Waals surface area contributed by atoms with Crippen LogP contribution in [0.3, 0.4) is 0 Å². The quantitative estimate of drug-likeness (QED) is 0.00638. The molecule has 588 valence electrons. The van der Waals surface area contributed by atoms with Gasteiger partial charge in [-0.3, -0.25) is 49.2 Å². The monoisotopic (exact) mass is 1510 g/mol. The lowest BCUT2D eigenvalue weighted by Crippen LogP contribution is -2.47. The number of imidazole rings is 2. The number of esters is 1. The number of carbonyl (C=O) groups excluding carboxylic acids is 5. The fraction of sp³-hybridized carbons (Fsp3) is 0.535. The van der Waals surface area contributed by atoms with E-state index < -0.39 is 65.0 Å². The molecule has 4 heterocycles. The lowest BCUT2D eigenvalue weighted by molar-refractivity contribution is -0.136. The number of nitrogens with zero attached hydrogens (tertiary/aromatic N) is 9. The number of halogens is 4. The van der Waals surface area contributed by atoms with Crippen LogP contribution in [0.4, 0.5) is 29.5 Å². The molecule has 6 aromatic rings. The average molecular weight is 1510 g/mol. The average Bonchev–Trinajstić information content (AvgIpc) is 1.63. The van der Waals surface area contributed by atoms with Crippen molar-refractivity contribution >= 4 is 69.3 Å². The summed E-state index contributed by atoms with van der Waals surface area (Å²) < 4.78 is 131. The second kappa shape index (κ2) is 46.2. The largest absolute Gasteiger partial charge is 0.494 e. The summed E-state index contributed by atoms with van der Waals surface area (Å²) in [5.74, 6) is -11.1. The molecule has 1 saturated heterocycles. The Labute approximate surface area is 616 Å². The first-order valence-electron chi connectivity index (χ1n) is 35.2. The van der Waals surface area contributed by atoms with Gasteiger partial charge in [0.05, 0.1) is 169 Å². The number of ether oxygens (including phenoxy) is 13. The molecule has 32 nitrogen and oxygen atoms in total. The summed E-state index contributed by atoms with van der Waals surface area (Å²) in [5.41, 5.74) is 20.8. The molecule has 0 atom stereocenters. The molecule has 0 aliphatic carbocycles. The molecule has 8 N–H and O–H groups in total. The highest BCUT2D eigenvalue weighted by Crippen LogP contribution is 2.34. The Morgan fingerprint density at radius 1 is 0.561 bits per heavy atom. The van der Waals surface area contributed by atoms with Gasteiger partial charge in [-0.2, -0.15) is 13.9 Å². The van der Waals surface area contributed by atoms with Crippen LogP contribution in [0.25, 0.3) is 22.1 Å². The van der Waals surface area contributed by atoms with Crippen LogP contribution in [0.5, 0.6) is 17.2 Å². The van der Waals surface area contributed by atoms with Crippen LogP contribution < -0.4 is 42.0 Å². The summed E-state index contributed by atoms with van der Waals surface area (Å²) in [6, 6.07) is 7.83. The topological polar surface area (TPSA) is 380 Å². The second-order valence-electron chi connectivity index (χ2n) is 23.9. The SMILES string of the molecule is CCN=C(C=C(C)N)C(=O)Nc1nc2cc(C(N)=O)cc(OC)c2n1C/C=C/Cn1c(NC(=O)c2cc(C)nn2CC)nc2cc(C(N)=O)cc(OCCCN3CCN(CCOCCOCCOCCOCCOCCOCCOCCOCCOCCOCCC(=O)Oc4c(F)c(F)cc(F)c4F)CC3)c21. The number of nitrogens with two attached hydrogens (primary N) is 3. The molecular weight excluding hydrogens is 1410 g/mol. The molecule has 3 aromatic heterocycles. The van der Waals surface area contributed by atoms with Gasteiger partial charge in [-0.1, -0.05) is 12.2 Å². The number of fused-ring (bicyclic) bond motifs is 2. The molecule has 4 amide bonds. The number of allylic oxidation sites excluding steroid dienone is 3. The van der Waals surface area contributed by atoms with Crippen LogP contribution in [-0.2, 0) is 76.6 Å². The third-order valence-electron chi connectivity index (χ3n) is 15.9. The maximum atomic E-state index is 14.0. The zero-order chi connectivity index (χ0) is 76.9. The number of aryl methyl sites for hydroxylation is 2. The van der Waals surface area contributed by atoms with Crippen LogP contribution >= 0.6 is 0 Å². The molecule has 0 saturated carbocycles. The lowest BCUT2D eigenvalue weighted by Gasteiger charge is -2.34. The van der Waals surface area contributed by atoms with Gasteiger partial charge in [-0.15, -0.1) is 0 Å². The predicted octanol–water partition coefficient (Wildman–Crippen LogP) is 4.99. The standard InChI is InChI=1S/C71H98F4N14O18/c1-6-79-56(41-48(3)76)68(93)82-70-80-54-43-50(66(77)91)45-58(95-5)63(54)87(70)13-8-9-14-88-64-55(81-71(88)83-69(94)57-42-49(4)84-89(57)7-2)44-51(67(78)92)46-59(64)106-20-10-12-85-15-17-86(18-16-85)19-22-97-24-26-99-28-30-101-32-34-103-36-38-105-40-39-104-37-35-102-33-31-100-29-27-98-25-23-96-21-11-60(90)107-65-61(74)52(72)47-53(73)62(65)75/h8-9,41-47H,6-7,10-40,76H2,1-5H3,(H2,77,91)(H2,78,92)(H,80,82,93)(H,81,83,94)/b9-8+,48-41?,79-56?. The first kappa shape index (κ1) is 85.2. The molecule has 0 unspecified atom stereocenters. The van der Waals surface area contributed by atoms with Gasteiger partial charge < -0.3 is 92.8 Å². The zero-order valence-corrected chi connectivity index (χ0v) is 61.1. The van der Waals surface area contributed by atoms with E-state index in [2.05, 4.69) is 40.2 Å². The van der Waals surface area contributed by atoms with E-state index in [4.69, 9.17) is 79.0 Å². The molecule has 36 heteroatoms. The maximum absolute atomic E-state index is 14.0. The highest BCUT2D eigenvalue weighted by molar-refractivity contribution is 6.47. The third-order valence-corrected chi connectivity index (χ3v) is 15.9. The normalized spacial score (nSPS) is 13.2. The fourth-order valence-electron chi connectivity index (χ4n) is 10.7. The van der Waals surface area contributed by atoms with Crippen molar-refractivity contribution in [2.45, 2.75) is 60.2 Å². The van der Waals surface area contributed by atoms with Gasteiger partial charge in [0.2, 0.25) is 41.1 Å². The summed E-state index contributed by atoms with van der Waals surface area (Å²) >= 11 is 0. The van der Waals surface area contributed by atoms with Gasteiger partial charge in [0.1, 0.15) is 33.9 Å². The lowest BCUT2D eigenvalue weighted by atomic mass is 10.1. The van der Waals surface area contributed by atoms with Gasteiger partial charge in [-0.25, -0.2) is 18.7 Å². The molecular formula is C71H98F4N14O18. The third kappa shape index (κ3) is 27.9. The number of benzene rings is 3. The van der Waals surface area contributed by atoms with E-state index in [1.165, 1.54) is 25.3 Å². The van der Waals surface area contributed by atoms with Crippen molar-refractivity contribution < 1.29 is 103 Å². The molecule has 1 fully saturated rings. The Balaban J connectivity index is 0.728. The maximum Gasteiger partial charge on any atom is 0.313 e. The molecule has 0 spiro atoms. The Bertz CT molecular complexity index is 3910. The van der Waals surface area contributed by atoms with Gasteiger partial charge in [0, 0.05) is 88.3 Å². The first-order valence-corrected chi connectivity index (χ1v) is 35.2. The van der Waals surface area contributed by atoms with Crippen LogP contribution in [0.2, 0.25) is 0 Å². The van der Waals surface area contributed by atoms with E-state index in [-0.39, 0.29) is 86.7 Å². The summed E-state index contributed by atoms with van der Waals surface area (Å²) in [4.78, 5) is 83.2. The molecule has 0 bridgehead atoms. The Morgan fingerprint density at radius 2 is 1.00 bits per heavy atom. The van der Waals surface area contributed by atoms with Gasteiger partial charge >= 0.3 is 5.97 Å². The number of primary amides is 2. The Kier molecular flexibility index (Phi) is 36.8. The number of methoxy groups -OCH3 is 1. The number of aromatic nitrogens is 6. The number of hydrogen-bond donors (Lipinski definition) is 5. The van der Waals surface area contributed by atoms with E-state index in [9.17, 15) is 41.5 Å². The zero-order valence-electron chi connectivity index (χ0n) is 61.1. The number of hydrogen-bond acceptors (Lipinski definition) is 25. The minimum absolute atomic E-state index is 0.0127. The van der Waals surface area contributed by atoms with Crippen molar-refractivity contribution in [3.8, 4) is 17.2 Å². The smallest absolute Gasteiger partial charge is 0.313 e. The van der Waals surface area contributed by atoms with Crippen molar-refractivity contribution in [3.05, 3.63) is 106 Å². The number of nitrogens with one attached hydrogen (secondary N) is 2. The van der Waals surface area contributed by atoms with E-state index in [0.29, 0.717) is 170 Å². The molecule has 7 rings (SSSR count). The number of amides is 4. The number of piperazine rings is 1. The summed E-state index contributed by atoms with van der Waals surface area (Å²) in [6.07, 6.45) is 5.36. The molecule has 107 heavy (non-hydrogen) atoms. The van der Waals surface area contributed by atoms with E-state index in [0.717, 1.165) is 39.3 Å². The number of rotatable bonds is 53. The minimum Gasteiger partial charge on any atom is -0.494 e. The first-order chi connectivity index (χ1) is 51.8. The van der Waals surface area contributed by atoms with Gasteiger partial charge in [0.25, 0.3) is 11.8 Å². The van der Waals surface area contributed by atoms with Crippen LogP contribution in [0.15, 0.2) is 65.3 Å². The van der Waals surface area contributed by atoms with Crippen LogP contribution in [-0.4, -0.2) is 266 Å². The summed E-state index contributed by atoms with van der Waals surface area (Å²) in [6.45, 7) is 20.4. The Morgan fingerprint density at radius 3 is 1.45 bits per heavy atom. The fourth-order valence-corrected chi connectivity index (χ4v) is 10.7. The van der Waals surface area contributed by atoms with E-state index in [1.807, 2.05) is 19.1 Å². The molecule has 0 radical (unpaired) electrons. The molecule has 1 aliphatic heterocycles. The molecule has 1 aliphatic rings. The van der Waals surface area contributed by atoms with Crippen LogP contribution in [0.1, 0.15) is 70.5 Å². The minimum atomic E-state index is -1.81. The van der Waals surface area contributed by atoms with Crippen LogP contribution in [0, 0.1) is 30.2 Å².